The Morgan fingerprint density at radius 2 is 1.30 bits per heavy atom. The van der Waals surface area contributed by atoms with Crippen molar-refractivity contribution in [2.45, 2.75) is 0 Å². The average Bonchev–Trinajstić information content (AvgIpc) is 3.30. The third-order valence-corrected chi connectivity index (χ3v) is 5.54. The molecular weight excluding hydrogens is 386 g/mol. The van der Waals surface area contributed by atoms with E-state index in [1.54, 1.807) is 0 Å². The van der Waals surface area contributed by atoms with Crippen molar-refractivity contribution in [1.29, 1.82) is 0 Å². The van der Waals surface area contributed by atoms with Crippen LogP contribution in [0, 0.1) is 0 Å². The van der Waals surface area contributed by atoms with Gasteiger partial charge in [0.05, 0.1) is 11.7 Å². The van der Waals surface area contributed by atoms with E-state index in [-0.39, 0.29) is 0 Å². The lowest BCUT2D eigenvalue weighted by Gasteiger charge is -2.20. The lowest BCUT2D eigenvalue weighted by molar-refractivity contribution is 1.29. The van der Waals surface area contributed by atoms with Crippen LogP contribution in [-0.2, 0) is 0 Å². The van der Waals surface area contributed by atoms with Crippen LogP contribution >= 0.6 is 11.7 Å². The highest BCUT2D eigenvalue weighted by atomic mass is 32.1. The fourth-order valence-corrected chi connectivity index (χ4v) is 4.02. The molecule has 0 atom stereocenters. The van der Waals surface area contributed by atoms with Gasteiger partial charge < -0.3 is 4.90 Å². The molecule has 0 aliphatic rings. The smallest absolute Gasteiger partial charge is 0.112 e. The maximum absolute atomic E-state index is 4.45. The summed E-state index contributed by atoms with van der Waals surface area (Å²) in [6.45, 7) is 0. The van der Waals surface area contributed by atoms with E-state index in [2.05, 4.69) is 105 Å². The van der Waals surface area contributed by atoms with Gasteiger partial charge in [-0.25, -0.2) is 0 Å². The fourth-order valence-electron chi connectivity index (χ4n) is 3.47. The molecule has 0 saturated heterocycles. The van der Waals surface area contributed by atoms with Crippen LogP contribution in [0.3, 0.4) is 0 Å². The molecule has 0 aliphatic carbocycles. The van der Waals surface area contributed by atoms with Crippen LogP contribution in [0.1, 0.15) is 5.56 Å². The second kappa shape index (κ2) is 8.31. The van der Waals surface area contributed by atoms with Gasteiger partial charge in [0.15, 0.2) is 0 Å². The molecule has 5 aromatic rings. The molecule has 144 valence electrons. The molecule has 0 radical (unpaired) electrons. The van der Waals surface area contributed by atoms with Gasteiger partial charge in [0, 0.05) is 23.1 Å². The summed E-state index contributed by atoms with van der Waals surface area (Å²) >= 11 is 1.26. The van der Waals surface area contributed by atoms with Crippen molar-refractivity contribution in [3.8, 4) is 11.1 Å². The zero-order chi connectivity index (χ0) is 20.2. The Balaban J connectivity index is 1.45. The SMILES string of the molecule is C(=C\N(c1ccccc1)c1ccccc1)/c1ccc(-c2cccc3nsnc23)cc1. The number of rotatable bonds is 5. The second-order valence-electron chi connectivity index (χ2n) is 6.92. The van der Waals surface area contributed by atoms with Gasteiger partial charge >= 0.3 is 0 Å². The van der Waals surface area contributed by atoms with Gasteiger partial charge in [-0.3, -0.25) is 0 Å². The van der Waals surface area contributed by atoms with Crippen LogP contribution in [-0.4, -0.2) is 8.75 Å². The Kier molecular flexibility index (Phi) is 5.06. The molecule has 0 unspecified atom stereocenters. The summed E-state index contributed by atoms with van der Waals surface area (Å²) in [5.41, 5.74) is 7.56. The number of aromatic nitrogens is 2. The van der Waals surface area contributed by atoms with E-state index in [1.165, 1.54) is 11.7 Å². The highest BCUT2D eigenvalue weighted by molar-refractivity contribution is 7.00. The van der Waals surface area contributed by atoms with Gasteiger partial charge in [-0.15, -0.1) is 0 Å². The zero-order valence-corrected chi connectivity index (χ0v) is 17.0. The van der Waals surface area contributed by atoms with Gasteiger partial charge in [0.2, 0.25) is 0 Å². The Morgan fingerprint density at radius 1 is 0.633 bits per heavy atom. The lowest BCUT2D eigenvalue weighted by Crippen LogP contribution is -2.07. The second-order valence-corrected chi connectivity index (χ2v) is 7.44. The van der Waals surface area contributed by atoms with Crippen molar-refractivity contribution in [2.24, 2.45) is 0 Å². The fraction of sp³-hybridized carbons (Fsp3) is 0. The minimum atomic E-state index is 0.947. The zero-order valence-electron chi connectivity index (χ0n) is 16.2. The van der Waals surface area contributed by atoms with E-state index in [0.29, 0.717) is 0 Å². The summed E-state index contributed by atoms with van der Waals surface area (Å²) in [5.74, 6) is 0. The molecule has 1 aromatic heterocycles. The van der Waals surface area contributed by atoms with E-state index in [1.807, 2.05) is 24.3 Å². The van der Waals surface area contributed by atoms with E-state index in [4.69, 9.17) is 0 Å². The van der Waals surface area contributed by atoms with Crippen LogP contribution in [0.4, 0.5) is 11.4 Å². The number of nitrogens with zero attached hydrogens (tertiary/aromatic N) is 3. The van der Waals surface area contributed by atoms with E-state index >= 15 is 0 Å². The summed E-state index contributed by atoms with van der Waals surface area (Å²) in [6.07, 6.45) is 4.25. The topological polar surface area (TPSA) is 29.0 Å². The third kappa shape index (κ3) is 3.73. The van der Waals surface area contributed by atoms with Crippen molar-refractivity contribution in [1.82, 2.24) is 8.75 Å². The molecule has 0 aliphatic heterocycles. The molecule has 0 amide bonds. The standard InChI is InChI=1S/C26H19N3S/c1-3-8-22(9-4-1)29(23-10-5-2-6-11-23)19-18-20-14-16-21(17-15-20)24-12-7-13-25-26(24)28-30-27-25/h1-19H/b19-18+. The van der Waals surface area contributed by atoms with Crippen molar-refractivity contribution < 1.29 is 0 Å². The van der Waals surface area contributed by atoms with Gasteiger partial charge in [-0.2, -0.15) is 8.75 Å². The first-order valence-corrected chi connectivity index (χ1v) is 10.5. The minimum Gasteiger partial charge on any atom is -0.317 e. The molecule has 0 N–H and O–H groups in total. The molecule has 4 aromatic carbocycles. The van der Waals surface area contributed by atoms with E-state index in [9.17, 15) is 0 Å². The maximum atomic E-state index is 4.45. The van der Waals surface area contributed by atoms with Crippen LogP contribution in [0.25, 0.3) is 28.2 Å². The van der Waals surface area contributed by atoms with E-state index < -0.39 is 0 Å². The Labute approximate surface area is 179 Å². The van der Waals surface area contributed by atoms with Crippen molar-refractivity contribution >= 4 is 40.2 Å². The Bertz CT molecular complexity index is 1240. The highest BCUT2D eigenvalue weighted by Crippen LogP contribution is 2.29. The van der Waals surface area contributed by atoms with Crippen LogP contribution in [0.15, 0.2) is 109 Å². The number of hydrogen-bond acceptors (Lipinski definition) is 4. The molecule has 0 spiro atoms. The largest absolute Gasteiger partial charge is 0.317 e. The van der Waals surface area contributed by atoms with Crippen molar-refractivity contribution in [2.75, 3.05) is 4.90 Å². The van der Waals surface area contributed by atoms with Crippen LogP contribution < -0.4 is 4.90 Å². The molecule has 3 nitrogen and oxygen atoms in total. The van der Waals surface area contributed by atoms with E-state index in [0.717, 1.165) is 39.1 Å². The number of para-hydroxylation sites is 2. The highest BCUT2D eigenvalue weighted by Gasteiger charge is 2.07. The molecule has 0 fully saturated rings. The lowest BCUT2D eigenvalue weighted by atomic mass is 10.0. The monoisotopic (exact) mass is 405 g/mol. The number of hydrogen-bond donors (Lipinski definition) is 0. The first-order chi connectivity index (χ1) is 14.9. The summed E-state index contributed by atoms with van der Waals surface area (Å²) in [6, 6.07) is 35.4. The molecule has 30 heavy (non-hydrogen) atoms. The Hall–Kier alpha value is -3.76. The summed E-state index contributed by atoms with van der Waals surface area (Å²) in [5, 5.41) is 0. The van der Waals surface area contributed by atoms with Gasteiger partial charge in [0.25, 0.3) is 0 Å². The van der Waals surface area contributed by atoms with Crippen molar-refractivity contribution in [3.05, 3.63) is 115 Å². The molecular formula is C26H19N3S. The number of fused-ring (bicyclic) bond motifs is 1. The summed E-state index contributed by atoms with van der Waals surface area (Å²) in [4.78, 5) is 2.19. The number of anilines is 2. The molecule has 4 heteroatoms. The predicted octanol–water partition coefficient (Wildman–Crippen LogP) is 7.17. The van der Waals surface area contributed by atoms with Crippen LogP contribution in [0.5, 0.6) is 0 Å². The normalized spacial score (nSPS) is 11.2. The molecule has 0 bridgehead atoms. The average molecular weight is 406 g/mol. The molecule has 1 heterocycles. The van der Waals surface area contributed by atoms with Gasteiger partial charge in [-0.1, -0.05) is 72.8 Å². The maximum Gasteiger partial charge on any atom is 0.112 e. The predicted molar refractivity (Wildman–Crippen MR) is 127 cm³/mol. The van der Waals surface area contributed by atoms with Gasteiger partial charge in [-0.05, 0) is 47.5 Å². The number of benzene rings is 4. The first kappa shape index (κ1) is 18.3. The summed E-state index contributed by atoms with van der Waals surface area (Å²) in [7, 11) is 0. The first-order valence-electron chi connectivity index (χ1n) is 9.78. The molecule has 0 saturated carbocycles. The molecule has 5 rings (SSSR count). The quantitative estimate of drug-likeness (QED) is 0.310. The van der Waals surface area contributed by atoms with Crippen molar-refractivity contribution in [3.63, 3.8) is 0 Å². The summed E-state index contributed by atoms with van der Waals surface area (Å²) < 4.78 is 8.80. The van der Waals surface area contributed by atoms with Gasteiger partial charge in [0.1, 0.15) is 11.0 Å². The minimum absolute atomic E-state index is 0.947. The third-order valence-electron chi connectivity index (χ3n) is 4.99. The Morgan fingerprint density at radius 3 is 1.97 bits per heavy atom. The van der Waals surface area contributed by atoms with Crippen LogP contribution in [0.2, 0.25) is 0 Å².